The second-order valence-corrected chi connectivity index (χ2v) is 10.3. The molecule has 2 aromatic rings. The van der Waals surface area contributed by atoms with Crippen LogP contribution in [0.2, 0.25) is 5.02 Å². The van der Waals surface area contributed by atoms with Gasteiger partial charge in [0.2, 0.25) is 10.0 Å². The quantitative estimate of drug-likeness (QED) is 0.714. The highest BCUT2D eigenvalue weighted by molar-refractivity contribution is 7.89. The van der Waals surface area contributed by atoms with Crippen molar-refractivity contribution in [2.45, 2.75) is 55.9 Å². The highest BCUT2D eigenvalue weighted by atomic mass is 35.5. The van der Waals surface area contributed by atoms with Crippen LogP contribution in [0.3, 0.4) is 0 Å². The number of hydrogen-bond acceptors (Lipinski definition) is 4. The Hall–Kier alpha value is -1.96. The molecule has 0 amide bonds. The largest absolute Gasteiger partial charge is 0.268 e. The second kappa shape index (κ2) is 9.04. The average Bonchev–Trinajstić information content (AvgIpc) is 3.30. The molecule has 1 saturated heterocycles. The van der Waals surface area contributed by atoms with Crippen LogP contribution < -0.4 is 5.49 Å². The summed E-state index contributed by atoms with van der Waals surface area (Å²) < 4.78 is 28.8. The van der Waals surface area contributed by atoms with Crippen molar-refractivity contribution in [1.29, 1.82) is 0 Å². The summed E-state index contributed by atoms with van der Waals surface area (Å²) >= 11 is 6.32. The van der Waals surface area contributed by atoms with Gasteiger partial charge in [0.05, 0.1) is 21.5 Å². The summed E-state index contributed by atoms with van der Waals surface area (Å²) in [5.41, 5.74) is 0.728. The molecule has 0 bridgehead atoms. The Kier molecular flexibility index (Phi) is 6.41. The number of sulfonamides is 1. The normalized spacial score (nSPS) is 19.3. The summed E-state index contributed by atoms with van der Waals surface area (Å²) in [6.07, 6.45) is 8.93. The van der Waals surface area contributed by atoms with Gasteiger partial charge in [0, 0.05) is 19.3 Å². The Labute approximate surface area is 182 Å². The lowest BCUT2D eigenvalue weighted by Crippen LogP contribution is -2.30. The zero-order valence-electron chi connectivity index (χ0n) is 16.8. The van der Waals surface area contributed by atoms with Crippen LogP contribution in [0.25, 0.3) is 0 Å². The molecule has 8 heteroatoms. The van der Waals surface area contributed by atoms with Crippen LogP contribution in [0, 0.1) is 0 Å². The van der Waals surface area contributed by atoms with Gasteiger partial charge in [-0.1, -0.05) is 36.9 Å². The second-order valence-electron chi connectivity index (χ2n) is 7.91. The van der Waals surface area contributed by atoms with Gasteiger partial charge in [-0.3, -0.25) is 14.4 Å². The van der Waals surface area contributed by atoms with Crippen molar-refractivity contribution in [3.05, 3.63) is 58.7 Å². The Morgan fingerprint density at radius 2 is 1.73 bits per heavy atom. The Morgan fingerprint density at radius 1 is 1.00 bits per heavy atom. The number of carbonyl (C=O) groups is 1. The summed E-state index contributed by atoms with van der Waals surface area (Å²) in [6, 6.07) is 9.97. The molecule has 1 aromatic heterocycles. The SMILES string of the molecule is O=C(c1cc(S(=O)(=O)N2CCCC2)ccc1Cl)n1ccccc1=NC1CCCCC1. The lowest BCUT2D eigenvalue weighted by Gasteiger charge is -2.18. The number of halogens is 1. The number of hydrogen-bond donors (Lipinski definition) is 0. The van der Waals surface area contributed by atoms with Gasteiger partial charge < -0.3 is 0 Å². The number of rotatable bonds is 4. The summed E-state index contributed by atoms with van der Waals surface area (Å²) in [4.78, 5) is 18.2. The van der Waals surface area contributed by atoms with Crippen LogP contribution in [0.15, 0.2) is 52.5 Å². The summed E-state index contributed by atoms with van der Waals surface area (Å²) in [7, 11) is -3.64. The van der Waals surface area contributed by atoms with Crippen LogP contribution >= 0.6 is 11.6 Å². The van der Waals surface area contributed by atoms with Gasteiger partial charge in [0.25, 0.3) is 5.91 Å². The van der Waals surface area contributed by atoms with E-state index in [1.807, 2.05) is 12.1 Å². The van der Waals surface area contributed by atoms with Gasteiger partial charge in [-0.05, 0) is 56.0 Å². The lowest BCUT2D eigenvalue weighted by molar-refractivity contribution is 0.0954. The molecule has 2 aliphatic rings. The highest BCUT2D eigenvalue weighted by Gasteiger charge is 2.28. The zero-order chi connectivity index (χ0) is 21.1. The van der Waals surface area contributed by atoms with E-state index in [4.69, 9.17) is 16.6 Å². The molecule has 0 spiro atoms. The molecule has 6 nitrogen and oxygen atoms in total. The Balaban J connectivity index is 1.72. The summed E-state index contributed by atoms with van der Waals surface area (Å²) in [5.74, 6) is -0.381. The maximum atomic E-state index is 13.3. The number of benzene rings is 1. The van der Waals surface area contributed by atoms with Gasteiger partial charge in [0.1, 0.15) is 5.49 Å². The molecule has 2 fully saturated rings. The molecule has 0 unspecified atom stereocenters. The van der Waals surface area contributed by atoms with Gasteiger partial charge in [-0.2, -0.15) is 4.31 Å². The van der Waals surface area contributed by atoms with Crippen molar-refractivity contribution in [2.24, 2.45) is 4.99 Å². The molecule has 1 saturated carbocycles. The molecule has 0 atom stereocenters. The predicted molar refractivity (Wildman–Crippen MR) is 116 cm³/mol. The average molecular weight is 448 g/mol. The smallest absolute Gasteiger partial charge is 0.265 e. The van der Waals surface area contributed by atoms with Gasteiger partial charge in [0.15, 0.2) is 0 Å². The van der Waals surface area contributed by atoms with Crippen molar-refractivity contribution < 1.29 is 13.2 Å². The number of pyridine rings is 1. The lowest BCUT2D eigenvalue weighted by atomic mass is 9.96. The minimum absolute atomic E-state index is 0.0967. The van der Waals surface area contributed by atoms with Crippen LogP contribution in [0.5, 0.6) is 0 Å². The highest BCUT2D eigenvalue weighted by Crippen LogP contribution is 2.26. The standard InChI is InChI=1S/C22H26ClN3O3S/c23-20-12-11-18(30(28,29)25-13-6-7-14-25)16-19(20)22(27)26-15-5-4-10-21(26)24-17-8-2-1-3-9-17/h4-5,10-12,15-17H,1-3,6-9,13-14H2. The number of aromatic nitrogens is 1. The summed E-state index contributed by atoms with van der Waals surface area (Å²) in [5, 5.41) is 0.223. The van der Waals surface area contributed by atoms with E-state index >= 15 is 0 Å². The molecular weight excluding hydrogens is 422 g/mol. The first-order chi connectivity index (χ1) is 14.5. The van der Waals surface area contributed by atoms with Crippen molar-refractivity contribution in [3.63, 3.8) is 0 Å². The molecule has 4 rings (SSSR count). The minimum atomic E-state index is -3.64. The molecule has 0 radical (unpaired) electrons. The fourth-order valence-electron chi connectivity index (χ4n) is 4.14. The van der Waals surface area contributed by atoms with Crippen LogP contribution in [0.1, 0.15) is 55.3 Å². The summed E-state index contributed by atoms with van der Waals surface area (Å²) in [6.45, 7) is 1.01. The van der Waals surface area contributed by atoms with E-state index in [9.17, 15) is 13.2 Å². The van der Waals surface area contributed by atoms with E-state index in [0.29, 0.717) is 18.6 Å². The molecule has 160 valence electrons. The number of carbonyl (C=O) groups excluding carboxylic acids is 1. The molecule has 1 aliphatic carbocycles. The maximum absolute atomic E-state index is 13.3. The van der Waals surface area contributed by atoms with Crippen molar-refractivity contribution in [3.8, 4) is 0 Å². The van der Waals surface area contributed by atoms with E-state index in [-0.39, 0.29) is 27.4 Å². The third-order valence-corrected chi connectivity index (χ3v) is 8.04. The molecule has 0 N–H and O–H groups in total. The van der Waals surface area contributed by atoms with Crippen molar-refractivity contribution in [1.82, 2.24) is 8.87 Å². The third-order valence-electron chi connectivity index (χ3n) is 5.82. The van der Waals surface area contributed by atoms with E-state index < -0.39 is 10.0 Å². The van der Waals surface area contributed by atoms with Crippen molar-refractivity contribution in [2.75, 3.05) is 13.1 Å². The predicted octanol–water partition coefficient (Wildman–Crippen LogP) is 3.85. The first-order valence-corrected chi connectivity index (χ1v) is 12.3. The van der Waals surface area contributed by atoms with Crippen LogP contribution in [0.4, 0.5) is 0 Å². The molecular formula is C22H26ClN3O3S. The van der Waals surface area contributed by atoms with Crippen LogP contribution in [-0.2, 0) is 10.0 Å². The Morgan fingerprint density at radius 3 is 2.47 bits per heavy atom. The third kappa shape index (κ3) is 4.38. The van der Waals surface area contributed by atoms with Gasteiger partial charge in [-0.15, -0.1) is 0 Å². The van der Waals surface area contributed by atoms with Gasteiger partial charge in [-0.25, -0.2) is 8.42 Å². The fourth-order valence-corrected chi connectivity index (χ4v) is 5.89. The topological polar surface area (TPSA) is 71.7 Å². The maximum Gasteiger partial charge on any atom is 0.265 e. The zero-order valence-corrected chi connectivity index (χ0v) is 18.4. The van der Waals surface area contributed by atoms with Gasteiger partial charge >= 0.3 is 0 Å². The monoisotopic (exact) mass is 447 g/mol. The molecule has 2 heterocycles. The Bertz CT molecular complexity index is 1100. The molecule has 30 heavy (non-hydrogen) atoms. The molecule has 1 aromatic carbocycles. The van der Waals surface area contributed by atoms with Crippen LogP contribution in [-0.4, -0.2) is 42.3 Å². The van der Waals surface area contributed by atoms with E-state index in [1.165, 1.54) is 33.5 Å². The minimum Gasteiger partial charge on any atom is -0.268 e. The van der Waals surface area contributed by atoms with E-state index in [0.717, 1.165) is 38.5 Å². The molecule has 1 aliphatic heterocycles. The van der Waals surface area contributed by atoms with E-state index in [1.54, 1.807) is 12.3 Å². The van der Waals surface area contributed by atoms with Crippen molar-refractivity contribution >= 4 is 27.5 Å². The first kappa shape index (κ1) is 21.3. The fraction of sp³-hybridized carbons (Fsp3) is 0.455. The van der Waals surface area contributed by atoms with E-state index in [2.05, 4.69) is 0 Å². The first-order valence-electron chi connectivity index (χ1n) is 10.5. The number of nitrogens with zero attached hydrogens (tertiary/aromatic N) is 3.